The Morgan fingerprint density at radius 1 is 0.964 bits per heavy atom. The van der Waals surface area contributed by atoms with E-state index in [4.69, 9.17) is 0 Å². The van der Waals surface area contributed by atoms with Crippen LogP contribution in [0.5, 0.6) is 0 Å². The van der Waals surface area contributed by atoms with E-state index < -0.39 is 5.97 Å². The Morgan fingerprint density at radius 2 is 1.64 bits per heavy atom. The van der Waals surface area contributed by atoms with Gasteiger partial charge in [-0.05, 0) is 49.2 Å². The molecule has 1 aliphatic heterocycles. The number of urea groups is 1. The molecule has 1 fully saturated rings. The van der Waals surface area contributed by atoms with Crippen molar-refractivity contribution < 1.29 is 19.1 Å². The second-order valence-electron chi connectivity index (χ2n) is 6.64. The number of hydrogen-bond acceptors (Lipinski definition) is 4. The molecule has 0 saturated carbocycles. The van der Waals surface area contributed by atoms with E-state index in [2.05, 4.69) is 15.4 Å². The van der Waals surface area contributed by atoms with Crippen LogP contribution in [0.1, 0.15) is 23.2 Å². The fourth-order valence-corrected chi connectivity index (χ4v) is 3.15. The molecular weight excluding hydrogens is 358 g/mol. The molecule has 0 spiro atoms. The molecule has 3 rings (SSSR count). The summed E-state index contributed by atoms with van der Waals surface area (Å²) < 4.78 is 4.66. The van der Waals surface area contributed by atoms with E-state index in [-0.39, 0.29) is 17.9 Å². The number of amides is 3. The molecule has 2 aromatic rings. The molecule has 3 amide bonds. The molecule has 7 heteroatoms. The Kier molecular flexibility index (Phi) is 6.26. The normalized spacial score (nSPS) is 16.2. The standard InChI is InChI=1S/C21H23N3O4/c1-28-20(26)15-9-11-18(12-10-15)22-19(25)16-6-5-13-24(14-16)21(27)23-17-7-3-2-4-8-17/h2-4,7-12,16H,5-6,13-14H2,1H3,(H,22,25)(H,23,27)/t16-/m1/s1. The van der Waals surface area contributed by atoms with Gasteiger partial charge in [-0.3, -0.25) is 4.79 Å². The monoisotopic (exact) mass is 381 g/mol. The van der Waals surface area contributed by atoms with Crippen molar-refractivity contribution in [3.8, 4) is 0 Å². The van der Waals surface area contributed by atoms with Gasteiger partial charge in [-0.25, -0.2) is 9.59 Å². The highest BCUT2D eigenvalue weighted by Crippen LogP contribution is 2.20. The maximum Gasteiger partial charge on any atom is 0.337 e. The highest BCUT2D eigenvalue weighted by atomic mass is 16.5. The summed E-state index contributed by atoms with van der Waals surface area (Å²) in [6, 6.07) is 15.6. The molecule has 1 heterocycles. The number of esters is 1. The Morgan fingerprint density at radius 3 is 2.32 bits per heavy atom. The number of piperidine rings is 1. The van der Waals surface area contributed by atoms with E-state index in [9.17, 15) is 14.4 Å². The number of rotatable bonds is 4. The molecule has 0 bridgehead atoms. The van der Waals surface area contributed by atoms with Crippen molar-refractivity contribution in [1.82, 2.24) is 4.90 Å². The lowest BCUT2D eigenvalue weighted by molar-refractivity contribution is -0.121. The molecule has 7 nitrogen and oxygen atoms in total. The summed E-state index contributed by atoms with van der Waals surface area (Å²) in [5.74, 6) is -0.844. The first-order valence-electron chi connectivity index (χ1n) is 9.17. The molecule has 0 aliphatic carbocycles. The van der Waals surface area contributed by atoms with Crippen molar-refractivity contribution in [2.45, 2.75) is 12.8 Å². The zero-order valence-corrected chi connectivity index (χ0v) is 15.7. The molecule has 2 aromatic carbocycles. The Bertz CT molecular complexity index is 836. The first-order valence-corrected chi connectivity index (χ1v) is 9.17. The summed E-state index contributed by atoms with van der Waals surface area (Å²) in [7, 11) is 1.32. The van der Waals surface area contributed by atoms with Gasteiger partial charge in [0.2, 0.25) is 5.91 Å². The van der Waals surface area contributed by atoms with Gasteiger partial charge >= 0.3 is 12.0 Å². The first-order chi connectivity index (χ1) is 13.6. The van der Waals surface area contributed by atoms with E-state index in [1.165, 1.54) is 7.11 Å². The molecule has 0 radical (unpaired) electrons. The third-order valence-electron chi connectivity index (χ3n) is 4.68. The van der Waals surface area contributed by atoms with Crippen LogP contribution in [0.3, 0.4) is 0 Å². The van der Waals surface area contributed by atoms with Crippen LogP contribution < -0.4 is 10.6 Å². The van der Waals surface area contributed by atoms with Crippen molar-refractivity contribution >= 4 is 29.3 Å². The Labute approximate surface area is 163 Å². The van der Waals surface area contributed by atoms with Crippen molar-refractivity contribution in [2.75, 3.05) is 30.8 Å². The van der Waals surface area contributed by atoms with Crippen LogP contribution in [0, 0.1) is 5.92 Å². The number of likely N-dealkylation sites (tertiary alicyclic amines) is 1. The van der Waals surface area contributed by atoms with E-state index >= 15 is 0 Å². The summed E-state index contributed by atoms with van der Waals surface area (Å²) in [5.41, 5.74) is 1.75. The molecule has 0 unspecified atom stereocenters. The molecule has 1 aliphatic rings. The number of para-hydroxylation sites is 1. The van der Waals surface area contributed by atoms with Crippen LogP contribution in [-0.4, -0.2) is 43.0 Å². The van der Waals surface area contributed by atoms with Crippen molar-refractivity contribution in [1.29, 1.82) is 0 Å². The summed E-state index contributed by atoms with van der Waals surface area (Å²) in [5, 5.41) is 5.71. The van der Waals surface area contributed by atoms with Crippen LogP contribution in [-0.2, 0) is 9.53 Å². The average Bonchev–Trinajstić information content (AvgIpc) is 2.74. The molecule has 1 atom stereocenters. The van der Waals surface area contributed by atoms with E-state index in [1.807, 2.05) is 30.3 Å². The maximum absolute atomic E-state index is 12.6. The van der Waals surface area contributed by atoms with Gasteiger partial charge in [0.15, 0.2) is 0 Å². The van der Waals surface area contributed by atoms with Crippen molar-refractivity contribution in [3.05, 3.63) is 60.2 Å². The number of hydrogen-bond donors (Lipinski definition) is 2. The molecule has 0 aromatic heterocycles. The highest BCUT2D eigenvalue weighted by molar-refractivity contribution is 5.95. The van der Waals surface area contributed by atoms with E-state index in [0.29, 0.717) is 24.3 Å². The number of nitrogens with one attached hydrogen (secondary N) is 2. The topological polar surface area (TPSA) is 87.7 Å². The number of ether oxygens (including phenoxy) is 1. The van der Waals surface area contributed by atoms with Gasteiger partial charge in [0.25, 0.3) is 0 Å². The van der Waals surface area contributed by atoms with Crippen LogP contribution >= 0.6 is 0 Å². The van der Waals surface area contributed by atoms with E-state index in [1.54, 1.807) is 29.2 Å². The fraction of sp³-hybridized carbons (Fsp3) is 0.286. The van der Waals surface area contributed by atoms with Gasteiger partial charge in [0.1, 0.15) is 0 Å². The maximum atomic E-state index is 12.6. The smallest absolute Gasteiger partial charge is 0.337 e. The van der Waals surface area contributed by atoms with Gasteiger partial charge in [-0.15, -0.1) is 0 Å². The van der Waals surface area contributed by atoms with Gasteiger partial charge in [0.05, 0.1) is 18.6 Å². The first kappa shape index (κ1) is 19.4. The zero-order valence-electron chi connectivity index (χ0n) is 15.7. The lowest BCUT2D eigenvalue weighted by atomic mass is 9.97. The minimum Gasteiger partial charge on any atom is -0.465 e. The number of carbonyl (C=O) groups is 3. The van der Waals surface area contributed by atoms with Crippen LogP contribution in [0.25, 0.3) is 0 Å². The van der Waals surface area contributed by atoms with Crippen LogP contribution in [0.2, 0.25) is 0 Å². The average molecular weight is 381 g/mol. The second-order valence-corrected chi connectivity index (χ2v) is 6.64. The summed E-state index contributed by atoms with van der Waals surface area (Å²) in [6.45, 7) is 0.987. The molecular formula is C21H23N3O4. The molecule has 1 saturated heterocycles. The Hall–Kier alpha value is -3.35. The third-order valence-corrected chi connectivity index (χ3v) is 4.68. The molecule has 2 N–H and O–H groups in total. The summed E-state index contributed by atoms with van der Waals surface area (Å²) in [4.78, 5) is 38.2. The number of nitrogens with zero attached hydrogens (tertiary/aromatic N) is 1. The van der Waals surface area contributed by atoms with Gasteiger partial charge in [-0.1, -0.05) is 18.2 Å². The number of methoxy groups -OCH3 is 1. The van der Waals surface area contributed by atoms with Crippen molar-refractivity contribution in [3.63, 3.8) is 0 Å². The fourth-order valence-electron chi connectivity index (χ4n) is 3.15. The quantitative estimate of drug-likeness (QED) is 0.795. The lowest BCUT2D eigenvalue weighted by Crippen LogP contribution is -2.45. The Balaban J connectivity index is 1.56. The number of carbonyl (C=O) groups excluding carboxylic acids is 3. The SMILES string of the molecule is COC(=O)c1ccc(NC(=O)[C@@H]2CCCN(C(=O)Nc3ccccc3)C2)cc1. The largest absolute Gasteiger partial charge is 0.465 e. The zero-order chi connectivity index (χ0) is 19.9. The number of anilines is 2. The second kappa shape index (κ2) is 9.03. The van der Waals surface area contributed by atoms with Crippen molar-refractivity contribution in [2.24, 2.45) is 5.92 Å². The van der Waals surface area contributed by atoms with Crippen LogP contribution in [0.4, 0.5) is 16.2 Å². The minimum absolute atomic E-state index is 0.136. The minimum atomic E-state index is -0.426. The lowest BCUT2D eigenvalue weighted by Gasteiger charge is -2.32. The molecule has 28 heavy (non-hydrogen) atoms. The van der Waals surface area contributed by atoms with Gasteiger partial charge in [-0.2, -0.15) is 0 Å². The van der Waals surface area contributed by atoms with Gasteiger partial charge < -0.3 is 20.3 Å². The number of benzene rings is 2. The predicted octanol–water partition coefficient (Wildman–Crippen LogP) is 3.36. The summed E-state index contributed by atoms with van der Waals surface area (Å²) in [6.07, 6.45) is 1.49. The van der Waals surface area contributed by atoms with Crippen LogP contribution in [0.15, 0.2) is 54.6 Å². The highest BCUT2D eigenvalue weighted by Gasteiger charge is 2.28. The molecule has 146 valence electrons. The predicted molar refractivity (Wildman–Crippen MR) is 106 cm³/mol. The summed E-state index contributed by atoms with van der Waals surface area (Å²) >= 11 is 0. The third kappa shape index (κ3) is 4.88. The van der Waals surface area contributed by atoms with E-state index in [0.717, 1.165) is 18.5 Å². The van der Waals surface area contributed by atoms with Gasteiger partial charge in [0, 0.05) is 24.5 Å².